The van der Waals surface area contributed by atoms with Gasteiger partial charge in [0, 0.05) is 51.2 Å². The molecule has 0 amide bonds. The van der Waals surface area contributed by atoms with Gasteiger partial charge in [-0.3, -0.25) is 19.9 Å². The number of aromatic nitrogens is 4. The molecule has 11 aromatic carbocycles. The fourth-order valence-corrected chi connectivity index (χ4v) is 11.4. The smallest absolute Gasteiger partial charge is 1.00 e. The monoisotopic (exact) mass is 1220 g/mol. The van der Waals surface area contributed by atoms with Crippen molar-refractivity contribution in [3.63, 3.8) is 0 Å². The van der Waals surface area contributed by atoms with Gasteiger partial charge in [-0.1, -0.05) is 193 Å². The second-order valence-electron chi connectivity index (χ2n) is 19.6. The van der Waals surface area contributed by atoms with Crippen molar-refractivity contribution >= 4 is 77.2 Å². The van der Waals surface area contributed by atoms with Crippen LogP contribution in [0.25, 0.3) is 132 Å². The molecule has 410 valence electrons. The van der Waals surface area contributed by atoms with Crippen LogP contribution in [0.4, 0.5) is 0 Å². The molecule has 0 aliphatic carbocycles. The van der Waals surface area contributed by atoms with Gasteiger partial charge in [-0.2, -0.15) is 24.3 Å². The third-order valence-electron chi connectivity index (χ3n) is 14.8. The molecule has 4 heterocycles. The third kappa shape index (κ3) is 12.1. The van der Waals surface area contributed by atoms with E-state index in [1.165, 1.54) is 62.4 Å². The van der Waals surface area contributed by atoms with Crippen LogP contribution in [0.1, 0.15) is 0 Å². The number of fused-ring (bicyclic) bond motifs is 9. The Balaban J connectivity index is 0.000000132. The molecule has 0 aliphatic rings. The summed E-state index contributed by atoms with van der Waals surface area (Å²) in [4.78, 5) is 24.0. The van der Waals surface area contributed by atoms with Crippen molar-refractivity contribution in [3.05, 3.63) is 298 Å². The molecule has 0 saturated carbocycles. The molecule has 4 aromatic heterocycles. The van der Waals surface area contributed by atoms with Gasteiger partial charge < -0.3 is 12.4 Å². The number of halogens is 1. The van der Waals surface area contributed by atoms with Crippen LogP contribution in [0.3, 0.4) is 0 Å². The maximum Gasteiger partial charge on any atom is 2.00 e. The first-order chi connectivity index (χ1) is 41.2. The first-order valence-corrected chi connectivity index (χ1v) is 27.9. The summed E-state index contributed by atoms with van der Waals surface area (Å²) in [7, 11) is 1.39. The quantitative estimate of drug-likeness (QED) is 0.0255. The predicted octanol–water partition coefficient (Wildman–Crippen LogP) is 16.7. The molecule has 0 N–H and O–H groups in total. The zero-order chi connectivity index (χ0) is 55.7. The van der Waals surface area contributed by atoms with Gasteiger partial charge in [-0.05, 0) is 92.0 Å². The Labute approximate surface area is 516 Å². The number of hydrogen-bond acceptors (Lipinski definition) is 8. The van der Waals surface area contributed by atoms with E-state index in [1.807, 2.05) is 97.6 Å². The zero-order valence-corrected chi connectivity index (χ0v) is 49.1. The van der Waals surface area contributed by atoms with Gasteiger partial charge in [0.1, 0.15) is 0 Å². The van der Waals surface area contributed by atoms with E-state index < -0.39 is 0 Å². The minimum absolute atomic E-state index is 0. The molecule has 0 fully saturated rings. The second-order valence-corrected chi connectivity index (χ2v) is 20.4. The molecule has 0 bridgehead atoms. The largest absolute Gasteiger partial charge is 2.00 e. The molecule has 0 atom stereocenters. The zero-order valence-electron chi connectivity index (χ0n) is 45.8. The summed E-state index contributed by atoms with van der Waals surface area (Å²) in [5.41, 5.74) is 17.9. The maximum absolute atomic E-state index is 4.86. The van der Waals surface area contributed by atoms with Crippen LogP contribution >= 0.6 is 12.0 Å². The molecular weight excluding hydrogens is 1170 g/mol. The summed E-state index contributed by atoms with van der Waals surface area (Å²) >= 11 is 1.08. The summed E-state index contributed by atoms with van der Waals surface area (Å²) < 4.78 is 4.86. The van der Waals surface area contributed by atoms with Crippen LogP contribution in [-0.2, 0) is 33.7 Å². The molecule has 0 saturated heterocycles. The summed E-state index contributed by atoms with van der Waals surface area (Å²) in [5, 5.41) is 13.5. The first kappa shape index (κ1) is 57.5. The maximum atomic E-state index is 4.86. The van der Waals surface area contributed by atoms with Crippen molar-refractivity contribution in [3.8, 4) is 66.8 Å². The fraction of sp³-hybridized carbons (Fsp3) is 0.0133. The van der Waals surface area contributed by atoms with Gasteiger partial charge in [0.25, 0.3) is 0 Å². The minimum atomic E-state index is 0. The number of benzene rings is 11. The van der Waals surface area contributed by atoms with E-state index in [2.05, 4.69) is 230 Å². The number of hydrogen-bond donors (Lipinski definition) is 0. The number of nitrogens with zero attached hydrogens (tertiary/aromatic N) is 4. The molecule has 0 spiro atoms. The molecule has 85 heavy (non-hydrogen) atoms. The van der Waals surface area contributed by atoms with Gasteiger partial charge in [0.15, 0.2) is 0 Å². The molecule has 15 aromatic rings. The van der Waals surface area contributed by atoms with Gasteiger partial charge >= 0.3 is 19.5 Å². The molecule has 15 rings (SSSR count). The van der Waals surface area contributed by atoms with E-state index in [4.69, 9.17) is 4.33 Å². The fourth-order valence-electron chi connectivity index (χ4n) is 11.0. The van der Waals surface area contributed by atoms with Crippen molar-refractivity contribution in [1.82, 2.24) is 19.9 Å². The Bertz CT molecular complexity index is 4350. The minimum Gasteiger partial charge on any atom is -1.00 e. The Kier molecular flexibility index (Phi) is 18.3. The molecule has 0 unspecified atom stereocenters. The normalized spacial score (nSPS) is 10.9. The summed E-state index contributed by atoms with van der Waals surface area (Å²) in [6, 6.07) is 96.8. The predicted molar refractivity (Wildman–Crippen MR) is 341 cm³/mol. The van der Waals surface area contributed by atoms with Crippen molar-refractivity contribution in [1.29, 1.82) is 0 Å². The first-order valence-electron chi connectivity index (χ1n) is 27.2. The van der Waals surface area contributed by atoms with Crippen molar-refractivity contribution in [2.75, 3.05) is 7.11 Å². The van der Waals surface area contributed by atoms with Crippen LogP contribution in [-0.4, -0.2) is 27.0 Å². The van der Waals surface area contributed by atoms with E-state index in [-0.39, 0.29) is 31.9 Å². The third-order valence-corrected chi connectivity index (χ3v) is 15.4. The van der Waals surface area contributed by atoms with E-state index in [0.717, 1.165) is 93.6 Å². The van der Waals surface area contributed by atoms with Crippen molar-refractivity contribution < 1.29 is 46.1 Å². The molecule has 0 radical (unpaired) electrons. The van der Waals surface area contributed by atoms with Crippen molar-refractivity contribution in [2.24, 2.45) is 0 Å². The Morgan fingerprint density at radius 1 is 0.306 bits per heavy atom. The van der Waals surface area contributed by atoms with Gasteiger partial charge in [-0.15, -0.1) is 50.5 Å². The Hall–Kier alpha value is -9.28. The number of pyridine rings is 4. The van der Waals surface area contributed by atoms with Gasteiger partial charge in [0.2, 0.25) is 0 Å². The average Bonchev–Trinajstić information content (AvgIpc) is 3.25. The molecule has 7 nitrogen and oxygen atoms in total. The van der Waals surface area contributed by atoms with Crippen LogP contribution < -0.4 is 12.4 Å². The van der Waals surface area contributed by atoms with Crippen LogP contribution in [0.15, 0.2) is 291 Å². The summed E-state index contributed by atoms with van der Waals surface area (Å²) in [6.45, 7) is 0. The van der Waals surface area contributed by atoms with Crippen LogP contribution in [0.2, 0.25) is 0 Å². The van der Waals surface area contributed by atoms with Crippen LogP contribution in [0.5, 0.6) is 0 Å². The summed E-state index contributed by atoms with van der Waals surface area (Å²) in [6.07, 6.45) is 7.45. The Morgan fingerprint density at radius 2 is 0.576 bits per heavy atom. The average molecular weight is 1220 g/mol. The SMILES string of the molecule is COOOSc1ccc(-c2ccnc3c2ccc2c(-c4ccccc4)ccnc23)cc1.[Cl-].[Ru+2].[c-]1ccc(-c2ccccc2)c2ccc3c(-c4ccccc4)cc[c-]c3c12.c1ccc(-c2ccnc3c2ccc2c(-c4ccccc4)ccnc23)cc1. The van der Waals surface area contributed by atoms with E-state index >= 15 is 0 Å². The van der Waals surface area contributed by atoms with E-state index in [1.54, 1.807) is 0 Å². The van der Waals surface area contributed by atoms with Crippen LogP contribution in [0, 0.1) is 12.1 Å². The number of rotatable bonds is 10. The summed E-state index contributed by atoms with van der Waals surface area (Å²) in [5.74, 6) is 0. The van der Waals surface area contributed by atoms with E-state index in [9.17, 15) is 0 Å². The van der Waals surface area contributed by atoms with Gasteiger partial charge in [-0.25, -0.2) is 15.7 Å². The second kappa shape index (κ2) is 27.0. The molecule has 10 heteroatoms. The standard InChI is InChI=1S/C26H16.C25H18N2O3S.C24H16N2.ClH.Ru/c1-3-9-19(10-4-1)21-13-7-15-23-24-16-8-14-22(20-11-5-2-6-12-20)26(24)18-17-25(21)23;1-28-29-30-31-19-9-7-18(8-10-19)21-14-16-27-25-23(21)12-11-22-20(13-15-26-24(22)25)17-5-3-2-4-6-17;1-3-7-17(8-4-1)19-13-15-25-23-21(19)11-12-22-20(14-16-26-24(22)23)18-9-5-2-6-10-18;;/h1-14,17-18H;2-16H,1H3;1-16H;1H;/q-2;;;;+2/p-1. The van der Waals surface area contributed by atoms with Gasteiger partial charge in [0.05, 0.1) is 41.2 Å². The molecular formula is C75H50ClN4O3RuS-. The Morgan fingerprint density at radius 3 is 0.871 bits per heavy atom. The molecule has 0 aliphatic heterocycles. The van der Waals surface area contributed by atoms with E-state index in [0.29, 0.717) is 0 Å². The topological polar surface area (TPSA) is 79.2 Å². The van der Waals surface area contributed by atoms with Crippen molar-refractivity contribution in [2.45, 2.75) is 4.90 Å².